The van der Waals surface area contributed by atoms with E-state index in [4.69, 9.17) is 16.7 Å². The van der Waals surface area contributed by atoms with Gasteiger partial charge in [-0.25, -0.2) is 9.78 Å². The minimum Gasteiger partial charge on any atom is -0.465 e. The molecular formula is C11H12ClN3O2. The third-order valence-corrected chi connectivity index (χ3v) is 3.66. The largest absolute Gasteiger partial charge is 0.465 e. The minimum absolute atomic E-state index is 0.175. The molecule has 0 unspecified atom stereocenters. The van der Waals surface area contributed by atoms with Gasteiger partial charge in [-0.1, -0.05) is 11.6 Å². The molecule has 1 aromatic rings. The highest BCUT2D eigenvalue weighted by Crippen LogP contribution is 2.41. The second kappa shape index (κ2) is 3.50. The molecule has 0 saturated carbocycles. The van der Waals surface area contributed by atoms with E-state index in [9.17, 15) is 4.79 Å². The van der Waals surface area contributed by atoms with Gasteiger partial charge < -0.3 is 14.9 Å². The Hall–Kier alpha value is -1.49. The van der Waals surface area contributed by atoms with E-state index in [0.29, 0.717) is 18.2 Å². The van der Waals surface area contributed by atoms with E-state index in [1.54, 1.807) is 6.20 Å². The number of hydrogen-bond acceptors (Lipinski definition) is 3. The van der Waals surface area contributed by atoms with Crippen LogP contribution < -0.4 is 4.90 Å². The van der Waals surface area contributed by atoms with Crippen LogP contribution in [0.1, 0.15) is 0 Å². The zero-order valence-corrected chi connectivity index (χ0v) is 9.89. The molecule has 0 bridgehead atoms. The molecule has 1 spiro atoms. The highest BCUT2D eigenvalue weighted by molar-refractivity contribution is 6.29. The van der Waals surface area contributed by atoms with E-state index in [2.05, 4.69) is 9.88 Å². The molecule has 2 fully saturated rings. The van der Waals surface area contributed by atoms with Gasteiger partial charge in [-0.2, -0.15) is 0 Å². The SMILES string of the molecule is O=C(O)N1CC2(C1)CN(c1ccnc(Cl)c1)C2. The smallest absolute Gasteiger partial charge is 0.407 e. The van der Waals surface area contributed by atoms with Gasteiger partial charge in [-0.3, -0.25) is 0 Å². The zero-order valence-electron chi connectivity index (χ0n) is 9.14. The third kappa shape index (κ3) is 1.70. The Morgan fingerprint density at radius 2 is 2.12 bits per heavy atom. The zero-order chi connectivity index (χ0) is 12.0. The van der Waals surface area contributed by atoms with Gasteiger partial charge in [0.05, 0.1) is 0 Å². The number of pyridine rings is 1. The molecule has 3 rings (SSSR count). The lowest BCUT2D eigenvalue weighted by Crippen LogP contribution is -2.73. The summed E-state index contributed by atoms with van der Waals surface area (Å²) in [4.78, 5) is 18.3. The number of carbonyl (C=O) groups is 1. The van der Waals surface area contributed by atoms with E-state index >= 15 is 0 Å². The van der Waals surface area contributed by atoms with Crippen molar-refractivity contribution in [2.75, 3.05) is 31.1 Å². The highest BCUT2D eigenvalue weighted by Gasteiger charge is 2.53. The summed E-state index contributed by atoms with van der Waals surface area (Å²) in [6.45, 7) is 3.10. The topological polar surface area (TPSA) is 56.7 Å². The van der Waals surface area contributed by atoms with E-state index < -0.39 is 6.09 Å². The van der Waals surface area contributed by atoms with Crippen molar-refractivity contribution in [2.24, 2.45) is 5.41 Å². The molecule has 1 amide bonds. The molecule has 1 aromatic heterocycles. The highest BCUT2D eigenvalue weighted by atomic mass is 35.5. The number of halogens is 1. The third-order valence-electron chi connectivity index (χ3n) is 3.45. The minimum atomic E-state index is -0.818. The number of carboxylic acid groups (broad SMARTS) is 1. The first-order valence-corrected chi connectivity index (χ1v) is 5.80. The number of hydrogen-bond donors (Lipinski definition) is 1. The maximum absolute atomic E-state index is 10.7. The van der Waals surface area contributed by atoms with Crippen molar-refractivity contribution in [3.8, 4) is 0 Å². The molecule has 0 aliphatic carbocycles. The van der Waals surface area contributed by atoms with Crippen LogP contribution >= 0.6 is 11.6 Å². The monoisotopic (exact) mass is 253 g/mol. The predicted octanol–water partition coefficient (Wildman–Crippen LogP) is 1.54. The lowest BCUT2D eigenvalue weighted by atomic mass is 9.73. The molecule has 2 aliphatic rings. The van der Waals surface area contributed by atoms with E-state index in [1.165, 1.54) is 4.90 Å². The second-order valence-corrected chi connectivity index (χ2v) is 5.22. The Morgan fingerprint density at radius 3 is 2.71 bits per heavy atom. The Kier molecular flexibility index (Phi) is 2.19. The van der Waals surface area contributed by atoms with Crippen LogP contribution in [0.5, 0.6) is 0 Å². The number of anilines is 1. The number of amides is 1. The molecule has 2 saturated heterocycles. The number of likely N-dealkylation sites (tertiary alicyclic amines) is 1. The van der Waals surface area contributed by atoms with Gasteiger partial charge in [-0.05, 0) is 12.1 Å². The molecule has 1 N–H and O–H groups in total. The molecule has 0 aromatic carbocycles. The van der Waals surface area contributed by atoms with E-state index in [-0.39, 0.29) is 5.41 Å². The molecule has 0 atom stereocenters. The van der Waals surface area contributed by atoms with E-state index in [0.717, 1.165) is 18.8 Å². The van der Waals surface area contributed by atoms with Gasteiger partial charge in [0.25, 0.3) is 0 Å². The van der Waals surface area contributed by atoms with Crippen molar-refractivity contribution in [3.63, 3.8) is 0 Å². The summed E-state index contributed by atoms with van der Waals surface area (Å²) < 4.78 is 0. The number of rotatable bonds is 1. The Morgan fingerprint density at radius 1 is 1.41 bits per heavy atom. The summed E-state index contributed by atoms with van der Waals surface area (Å²) in [5, 5.41) is 9.28. The van der Waals surface area contributed by atoms with Crippen molar-refractivity contribution in [2.45, 2.75) is 0 Å². The molecule has 5 nitrogen and oxygen atoms in total. The average molecular weight is 254 g/mol. The summed E-state index contributed by atoms with van der Waals surface area (Å²) in [5.41, 5.74) is 1.23. The molecular weight excluding hydrogens is 242 g/mol. The predicted molar refractivity (Wildman–Crippen MR) is 63.5 cm³/mol. The molecule has 3 heterocycles. The van der Waals surface area contributed by atoms with Crippen LogP contribution in [0.25, 0.3) is 0 Å². The Labute approximate surface area is 104 Å². The van der Waals surface area contributed by atoms with Crippen LogP contribution in [-0.2, 0) is 0 Å². The summed E-state index contributed by atoms with van der Waals surface area (Å²) >= 11 is 5.83. The van der Waals surface area contributed by atoms with Crippen LogP contribution in [-0.4, -0.2) is 47.3 Å². The van der Waals surface area contributed by atoms with Crippen molar-refractivity contribution in [1.82, 2.24) is 9.88 Å². The van der Waals surface area contributed by atoms with Gasteiger partial charge in [0.15, 0.2) is 0 Å². The van der Waals surface area contributed by atoms with Gasteiger partial charge in [0.2, 0.25) is 0 Å². The lowest BCUT2D eigenvalue weighted by molar-refractivity contribution is -0.00941. The van der Waals surface area contributed by atoms with Crippen molar-refractivity contribution >= 4 is 23.4 Å². The first-order valence-electron chi connectivity index (χ1n) is 5.42. The van der Waals surface area contributed by atoms with E-state index in [1.807, 2.05) is 12.1 Å². The van der Waals surface area contributed by atoms with Crippen LogP contribution in [0.4, 0.5) is 10.5 Å². The Bertz CT molecular complexity index is 466. The maximum Gasteiger partial charge on any atom is 0.407 e. The standard InChI is InChI=1S/C11H12ClN3O2/c12-9-3-8(1-2-13-9)14-4-11(5-14)6-15(7-11)10(16)17/h1-3H,4-7H2,(H,16,17). The summed E-state index contributed by atoms with van der Waals surface area (Å²) in [7, 11) is 0. The fraction of sp³-hybridized carbons (Fsp3) is 0.455. The normalized spacial score (nSPS) is 21.0. The van der Waals surface area contributed by atoms with Crippen LogP contribution in [0, 0.1) is 5.41 Å². The number of aromatic nitrogens is 1. The average Bonchev–Trinajstić information content (AvgIpc) is 2.12. The molecule has 2 aliphatic heterocycles. The molecule has 6 heteroatoms. The van der Waals surface area contributed by atoms with Crippen LogP contribution in [0.15, 0.2) is 18.3 Å². The van der Waals surface area contributed by atoms with Gasteiger partial charge >= 0.3 is 6.09 Å². The number of nitrogens with zero attached hydrogens (tertiary/aromatic N) is 3. The summed E-state index contributed by atoms with van der Waals surface area (Å²) in [6.07, 6.45) is 0.869. The van der Waals surface area contributed by atoms with Crippen molar-refractivity contribution < 1.29 is 9.90 Å². The van der Waals surface area contributed by atoms with Crippen LogP contribution in [0.2, 0.25) is 5.15 Å². The first-order chi connectivity index (χ1) is 8.08. The molecule has 17 heavy (non-hydrogen) atoms. The summed E-state index contributed by atoms with van der Waals surface area (Å²) in [5.74, 6) is 0. The second-order valence-electron chi connectivity index (χ2n) is 4.83. The van der Waals surface area contributed by atoms with Gasteiger partial charge in [-0.15, -0.1) is 0 Å². The van der Waals surface area contributed by atoms with Crippen LogP contribution in [0.3, 0.4) is 0 Å². The van der Waals surface area contributed by atoms with Crippen molar-refractivity contribution in [1.29, 1.82) is 0 Å². The fourth-order valence-corrected chi connectivity index (χ4v) is 2.80. The Balaban J connectivity index is 1.61. The summed E-state index contributed by atoms with van der Waals surface area (Å²) in [6, 6.07) is 3.76. The van der Waals surface area contributed by atoms with Gasteiger partial charge in [0.1, 0.15) is 5.15 Å². The quantitative estimate of drug-likeness (QED) is 0.772. The van der Waals surface area contributed by atoms with Gasteiger partial charge in [0, 0.05) is 43.5 Å². The molecule has 90 valence electrons. The maximum atomic E-state index is 10.7. The first kappa shape index (κ1) is 10.7. The fourth-order valence-electron chi connectivity index (χ4n) is 2.63. The molecule has 0 radical (unpaired) electrons. The van der Waals surface area contributed by atoms with Crippen molar-refractivity contribution in [3.05, 3.63) is 23.5 Å². The lowest BCUT2D eigenvalue weighted by Gasteiger charge is -2.60.